The molecule has 1 atom stereocenters. The molecule has 1 aliphatic rings. The lowest BCUT2D eigenvalue weighted by atomic mass is 10.1. The highest BCUT2D eigenvalue weighted by atomic mass is 35.5. The second kappa shape index (κ2) is 6.39. The monoisotopic (exact) mass is 252 g/mol. The molecule has 0 aliphatic carbocycles. The van der Waals surface area contributed by atoms with Crippen LogP contribution in [0.25, 0.3) is 0 Å². The van der Waals surface area contributed by atoms with Gasteiger partial charge in [-0.2, -0.15) is 0 Å². The average Bonchev–Trinajstić information content (AvgIpc) is 2.77. The van der Waals surface area contributed by atoms with Crippen LogP contribution in [0.15, 0.2) is 24.3 Å². The molecule has 1 heterocycles. The zero-order valence-corrected chi connectivity index (χ0v) is 11.2. The number of likely N-dealkylation sites (tertiary alicyclic amines) is 1. The van der Waals surface area contributed by atoms with E-state index in [0.29, 0.717) is 0 Å². The molecule has 1 N–H and O–H groups in total. The molecule has 0 amide bonds. The number of nitrogens with one attached hydrogen (secondary N) is 1. The van der Waals surface area contributed by atoms with Crippen LogP contribution in [0.4, 0.5) is 0 Å². The summed E-state index contributed by atoms with van der Waals surface area (Å²) >= 11 is 6.18. The SMILES string of the molecule is CCNCC1CCN(Cc2ccccc2Cl)C1. The highest BCUT2D eigenvalue weighted by Crippen LogP contribution is 2.21. The van der Waals surface area contributed by atoms with Crippen LogP contribution in [0.1, 0.15) is 18.9 Å². The molecule has 1 unspecified atom stereocenters. The Morgan fingerprint density at radius 3 is 3.00 bits per heavy atom. The Morgan fingerprint density at radius 1 is 1.41 bits per heavy atom. The molecule has 0 aromatic heterocycles. The van der Waals surface area contributed by atoms with Crippen molar-refractivity contribution in [1.29, 1.82) is 0 Å². The minimum Gasteiger partial charge on any atom is -0.317 e. The normalized spacial score (nSPS) is 20.9. The van der Waals surface area contributed by atoms with Gasteiger partial charge in [0.1, 0.15) is 0 Å². The van der Waals surface area contributed by atoms with Crippen molar-refractivity contribution in [2.45, 2.75) is 19.9 Å². The van der Waals surface area contributed by atoms with E-state index in [-0.39, 0.29) is 0 Å². The molecular formula is C14H21ClN2. The number of hydrogen-bond acceptors (Lipinski definition) is 2. The number of benzene rings is 1. The van der Waals surface area contributed by atoms with E-state index in [1.165, 1.54) is 25.1 Å². The molecular weight excluding hydrogens is 232 g/mol. The van der Waals surface area contributed by atoms with Gasteiger partial charge in [0, 0.05) is 18.1 Å². The molecule has 0 bridgehead atoms. The molecule has 94 valence electrons. The lowest BCUT2D eigenvalue weighted by Gasteiger charge is -2.17. The largest absolute Gasteiger partial charge is 0.317 e. The van der Waals surface area contributed by atoms with Crippen LogP contribution < -0.4 is 5.32 Å². The van der Waals surface area contributed by atoms with Crippen molar-refractivity contribution in [2.24, 2.45) is 5.92 Å². The van der Waals surface area contributed by atoms with Crippen LogP contribution in [0.3, 0.4) is 0 Å². The summed E-state index contributed by atoms with van der Waals surface area (Å²) < 4.78 is 0. The molecule has 1 aromatic carbocycles. The maximum atomic E-state index is 6.18. The minimum atomic E-state index is 0.803. The summed E-state index contributed by atoms with van der Waals surface area (Å²) in [5, 5.41) is 4.32. The van der Waals surface area contributed by atoms with Crippen molar-refractivity contribution in [3.63, 3.8) is 0 Å². The molecule has 1 fully saturated rings. The second-order valence-corrected chi connectivity index (χ2v) is 5.20. The highest BCUT2D eigenvalue weighted by molar-refractivity contribution is 6.31. The zero-order chi connectivity index (χ0) is 12.1. The highest BCUT2D eigenvalue weighted by Gasteiger charge is 2.22. The van der Waals surface area contributed by atoms with Gasteiger partial charge in [0.15, 0.2) is 0 Å². The van der Waals surface area contributed by atoms with E-state index in [2.05, 4.69) is 29.3 Å². The third kappa shape index (κ3) is 3.70. The summed E-state index contributed by atoms with van der Waals surface area (Å²) in [6, 6.07) is 8.15. The summed E-state index contributed by atoms with van der Waals surface area (Å²) in [6.45, 7) is 7.76. The first-order valence-corrected chi connectivity index (χ1v) is 6.84. The molecule has 2 nitrogen and oxygen atoms in total. The van der Waals surface area contributed by atoms with E-state index < -0.39 is 0 Å². The molecule has 1 aromatic rings. The standard InChI is InChI=1S/C14H21ClN2/c1-2-16-9-12-7-8-17(10-12)11-13-5-3-4-6-14(13)15/h3-6,12,16H,2,7-11H2,1H3. The van der Waals surface area contributed by atoms with Crippen LogP contribution in [0.2, 0.25) is 5.02 Å². The first kappa shape index (κ1) is 12.9. The van der Waals surface area contributed by atoms with E-state index >= 15 is 0 Å². The number of rotatable bonds is 5. The molecule has 0 saturated carbocycles. The predicted molar refractivity (Wildman–Crippen MR) is 73.4 cm³/mol. The summed E-state index contributed by atoms with van der Waals surface area (Å²) in [4.78, 5) is 2.50. The van der Waals surface area contributed by atoms with Gasteiger partial charge >= 0.3 is 0 Å². The Labute approximate surface area is 109 Å². The number of halogens is 1. The van der Waals surface area contributed by atoms with Gasteiger partial charge in [0.05, 0.1) is 0 Å². The summed E-state index contributed by atoms with van der Waals surface area (Å²) in [5.41, 5.74) is 1.25. The van der Waals surface area contributed by atoms with E-state index in [4.69, 9.17) is 11.6 Å². The maximum absolute atomic E-state index is 6.18. The zero-order valence-electron chi connectivity index (χ0n) is 10.5. The third-order valence-corrected chi connectivity index (χ3v) is 3.77. The van der Waals surface area contributed by atoms with E-state index in [1.54, 1.807) is 0 Å². The van der Waals surface area contributed by atoms with Gasteiger partial charge in [-0.15, -0.1) is 0 Å². The van der Waals surface area contributed by atoms with Crippen molar-refractivity contribution in [3.05, 3.63) is 34.9 Å². The van der Waals surface area contributed by atoms with E-state index in [9.17, 15) is 0 Å². The van der Waals surface area contributed by atoms with Gasteiger partial charge < -0.3 is 5.32 Å². The lowest BCUT2D eigenvalue weighted by Crippen LogP contribution is -2.26. The number of hydrogen-bond donors (Lipinski definition) is 1. The van der Waals surface area contributed by atoms with E-state index in [1.807, 2.05) is 12.1 Å². The van der Waals surface area contributed by atoms with Crippen molar-refractivity contribution in [3.8, 4) is 0 Å². The Hall–Kier alpha value is -0.570. The third-order valence-electron chi connectivity index (χ3n) is 3.40. The van der Waals surface area contributed by atoms with Crippen LogP contribution in [-0.4, -0.2) is 31.1 Å². The molecule has 0 spiro atoms. The van der Waals surface area contributed by atoms with Crippen LogP contribution >= 0.6 is 11.6 Å². The smallest absolute Gasteiger partial charge is 0.0451 e. The Balaban J connectivity index is 1.83. The fraction of sp³-hybridized carbons (Fsp3) is 0.571. The predicted octanol–water partition coefficient (Wildman–Crippen LogP) is 2.77. The van der Waals surface area contributed by atoms with Gasteiger partial charge in [0.2, 0.25) is 0 Å². The summed E-state index contributed by atoms with van der Waals surface area (Å²) in [7, 11) is 0. The molecule has 3 heteroatoms. The van der Waals surface area contributed by atoms with Crippen molar-refractivity contribution < 1.29 is 0 Å². The first-order valence-electron chi connectivity index (χ1n) is 6.46. The summed E-state index contributed by atoms with van der Waals surface area (Å²) in [6.07, 6.45) is 1.30. The lowest BCUT2D eigenvalue weighted by molar-refractivity contribution is 0.315. The summed E-state index contributed by atoms with van der Waals surface area (Å²) in [5.74, 6) is 0.803. The maximum Gasteiger partial charge on any atom is 0.0451 e. The molecule has 1 saturated heterocycles. The van der Waals surface area contributed by atoms with Crippen LogP contribution in [-0.2, 0) is 6.54 Å². The fourth-order valence-corrected chi connectivity index (χ4v) is 2.63. The molecule has 2 rings (SSSR count). The Morgan fingerprint density at radius 2 is 2.24 bits per heavy atom. The van der Waals surface area contributed by atoms with Gasteiger partial charge in [-0.3, -0.25) is 4.90 Å². The quantitative estimate of drug-likeness (QED) is 0.867. The Bertz CT molecular complexity index is 354. The first-order chi connectivity index (χ1) is 8.29. The van der Waals surface area contributed by atoms with Gasteiger partial charge in [-0.25, -0.2) is 0 Å². The Kier molecular flexibility index (Phi) is 4.84. The number of nitrogens with zero attached hydrogens (tertiary/aromatic N) is 1. The van der Waals surface area contributed by atoms with Gasteiger partial charge in [0.25, 0.3) is 0 Å². The second-order valence-electron chi connectivity index (χ2n) is 4.79. The van der Waals surface area contributed by atoms with Gasteiger partial charge in [-0.05, 0) is 43.6 Å². The molecule has 17 heavy (non-hydrogen) atoms. The van der Waals surface area contributed by atoms with Crippen molar-refractivity contribution in [2.75, 3.05) is 26.2 Å². The average molecular weight is 253 g/mol. The fourth-order valence-electron chi connectivity index (χ4n) is 2.44. The topological polar surface area (TPSA) is 15.3 Å². The minimum absolute atomic E-state index is 0.803. The van der Waals surface area contributed by atoms with Crippen molar-refractivity contribution in [1.82, 2.24) is 10.2 Å². The van der Waals surface area contributed by atoms with Crippen LogP contribution in [0.5, 0.6) is 0 Å². The van der Waals surface area contributed by atoms with Crippen LogP contribution in [0, 0.1) is 5.92 Å². The van der Waals surface area contributed by atoms with E-state index in [0.717, 1.165) is 30.6 Å². The van der Waals surface area contributed by atoms with Crippen molar-refractivity contribution >= 4 is 11.6 Å². The molecule has 0 radical (unpaired) electrons. The molecule has 1 aliphatic heterocycles. The van der Waals surface area contributed by atoms with Gasteiger partial charge in [-0.1, -0.05) is 36.7 Å².